The zero-order chi connectivity index (χ0) is 11.2. The summed E-state index contributed by atoms with van der Waals surface area (Å²) in [5, 5.41) is 8.89. The molecule has 0 fully saturated rings. The van der Waals surface area contributed by atoms with Gasteiger partial charge >= 0.3 is 5.97 Å². The minimum atomic E-state index is -0.894. The van der Waals surface area contributed by atoms with E-state index in [1.807, 2.05) is 6.07 Å². The zero-order valence-electron chi connectivity index (χ0n) is 8.95. The van der Waals surface area contributed by atoms with Crippen molar-refractivity contribution < 1.29 is 9.90 Å². The lowest BCUT2D eigenvalue weighted by Crippen LogP contribution is -2.14. The van der Waals surface area contributed by atoms with Crippen molar-refractivity contribution in [3.8, 4) is 0 Å². The predicted octanol–water partition coefficient (Wildman–Crippen LogP) is 2.07. The molecule has 1 aromatic carbocycles. The lowest BCUT2D eigenvalue weighted by molar-refractivity contribution is 0.0696. The van der Waals surface area contributed by atoms with Crippen LogP contribution < -0.4 is 5.73 Å². The van der Waals surface area contributed by atoms with Crippen molar-refractivity contribution in [3.05, 3.63) is 34.9 Å². The van der Waals surface area contributed by atoms with Gasteiger partial charge in [-0.1, -0.05) is 19.9 Å². The molecule has 3 heteroatoms. The molecule has 1 aliphatic carbocycles. The molecule has 0 bridgehead atoms. The Morgan fingerprint density at radius 1 is 1.53 bits per heavy atom. The first kappa shape index (κ1) is 10.2. The maximum absolute atomic E-state index is 10.8. The van der Waals surface area contributed by atoms with Gasteiger partial charge in [-0.15, -0.1) is 0 Å². The number of carboxylic acid groups (broad SMARTS) is 1. The van der Waals surface area contributed by atoms with E-state index in [1.54, 1.807) is 12.1 Å². The third-order valence-electron chi connectivity index (χ3n) is 3.16. The molecule has 2 rings (SSSR count). The van der Waals surface area contributed by atoms with Crippen LogP contribution in [0, 0.1) is 0 Å². The van der Waals surface area contributed by atoms with E-state index >= 15 is 0 Å². The molecule has 1 aliphatic rings. The summed E-state index contributed by atoms with van der Waals surface area (Å²) in [6.07, 6.45) is 0.880. The van der Waals surface area contributed by atoms with Gasteiger partial charge in [-0.05, 0) is 35.1 Å². The smallest absolute Gasteiger partial charge is 0.335 e. The maximum atomic E-state index is 10.8. The average molecular weight is 205 g/mol. The molecule has 0 saturated heterocycles. The van der Waals surface area contributed by atoms with Crippen molar-refractivity contribution in [1.29, 1.82) is 0 Å². The van der Waals surface area contributed by atoms with E-state index < -0.39 is 5.97 Å². The van der Waals surface area contributed by atoms with E-state index in [0.29, 0.717) is 5.56 Å². The van der Waals surface area contributed by atoms with Crippen molar-refractivity contribution >= 4 is 5.97 Å². The first-order valence-corrected chi connectivity index (χ1v) is 5.05. The van der Waals surface area contributed by atoms with Crippen LogP contribution in [-0.2, 0) is 5.41 Å². The third-order valence-corrected chi connectivity index (χ3v) is 3.16. The summed E-state index contributed by atoms with van der Waals surface area (Å²) in [6.45, 7) is 4.28. The molecule has 15 heavy (non-hydrogen) atoms. The zero-order valence-corrected chi connectivity index (χ0v) is 8.95. The minimum Gasteiger partial charge on any atom is -0.478 e. The Balaban J connectivity index is 2.55. The summed E-state index contributed by atoms with van der Waals surface area (Å²) in [5.41, 5.74) is 8.55. The van der Waals surface area contributed by atoms with Crippen LogP contribution in [0.4, 0.5) is 0 Å². The van der Waals surface area contributed by atoms with Crippen LogP contribution in [0.3, 0.4) is 0 Å². The molecule has 0 spiro atoms. The second kappa shape index (κ2) is 3.07. The number of benzene rings is 1. The summed E-state index contributed by atoms with van der Waals surface area (Å²) >= 11 is 0. The highest BCUT2D eigenvalue weighted by molar-refractivity contribution is 5.88. The van der Waals surface area contributed by atoms with Crippen molar-refractivity contribution in [1.82, 2.24) is 0 Å². The molecule has 0 saturated carbocycles. The molecule has 1 aromatic rings. The van der Waals surface area contributed by atoms with Crippen LogP contribution in [0.1, 0.15) is 47.8 Å². The normalized spacial score (nSPS) is 22.5. The van der Waals surface area contributed by atoms with Crippen LogP contribution in [0.2, 0.25) is 0 Å². The van der Waals surface area contributed by atoms with Crippen LogP contribution >= 0.6 is 0 Å². The number of rotatable bonds is 1. The molecule has 3 N–H and O–H groups in total. The van der Waals surface area contributed by atoms with Gasteiger partial charge in [0.15, 0.2) is 0 Å². The largest absolute Gasteiger partial charge is 0.478 e. The number of carboxylic acids is 1. The molecule has 1 atom stereocenters. The maximum Gasteiger partial charge on any atom is 0.335 e. The van der Waals surface area contributed by atoms with Crippen LogP contribution in [0.15, 0.2) is 18.2 Å². The predicted molar refractivity (Wildman–Crippen MR) is 58.0 cm³/mol. The van der Waals surface area contributed by atoms with Crippen LogP contribution in [0.5, 0.6) is 0 Å². The van der Waals surface area contributed by atoms with E-state index in [1.165, 1.54) is 5.56 Å². The van der Waals surface area contributed by atoms with Crippen molar-refractivity contribution in [2.24, 2.45) is 5.73 Å². The number of aromatic carboxylic acids is 1. The third kappa shape index (κ3) is 1.53. The molecule has 0 amide bonds. The second-order valence-corrected chi connectivity index (χ2v) is 4.80. The summed E-state index contributed by atoms with van der Waals surface area (Å²) in [5.74, 6) is -0.894. The molecule has 0 radical (unpaired) electrons. The quantitative estimate of drug-likeness (QED) is 0.737. The molecule has 0 aliphatic heterocycles. The number of fused-ring (bicyclic) bond motifs is 1. The molecule has 0 unspecified atom stereocenters. The average Bonchev–Trinajstić information content (AvgIpc) is 2.37. The van der Waals surface area contributed by atoms with Gasteiger partial charge in [-0.25, -0.2) is 4.79 Å². The molecule has 80 valence electrons. The lowest BCUT2D eigenvalue weighted by atomic mass is 9.86. The Kier molecular flexibility index (Phi) is 2.08. The standard InChI is InChI=1S/C12H15NO2/c1-12(2)6-10(13)8-5-7(11(14)15)3-4-9(8)12/h3-5,10H,6,13H2,1-2H3,(H,14,15)/t10-/m0/s1. The Bertz CT molecular complexity index is 424. The lowest BCUT2D eigenvalue weighted by Gasteiger charge is -2.18. The Morgan fingerprint density at radius 3 is 2.80 bits per heavy atom. The number of carbonyl (C=O) groups is 1. The number of nitrogens with two attached hydrogens (primary N) is 1. The molecular formula is C12H15NO2. The number of hydrogen-bond donors (Lipinski definition) is 2. The first-order chi connectivity index (χ1) is 6.92. The van der Waals surface area contributed by atoms with Crippen LogP contribution in [-0.4, -0.2) is 11.1 Å². The molecule has 0 aromatic heterocycles. The van der Waals surface area contributed by atoms with Gasteiger partial charge in [0.1, 0.15) is 0 Å². The highest BCUT2D eigenvalue weighted by atomic mass is 16.4. The Morgan fingerprint density at radius 2 is 2.20 bits per heavy atom. The van der Waals surface area contributed by atoms with E-state index in [9.17, 15) is 4.79 Å². The molecular weight excluding hydrogens is 190 g/mol. The first-order valence-electron chi connectivity index (χ1n) is 5.05. The van der Waals surface area contributed by atoms with Crippen molar-refractivity contribution in [2.75, 3.05) is 0 Å². The van der Waals surface area contributed by atoms with Crippen molar-refractivity contribution in [3.63, 3.8) is 0 Å². The second-order valence-electron chi connectivity index (χ2n) is 4.80. The van der Waals surface area contributed by atoms with E-state index in [0.717, 1.165) is 12.0 Å². The van der Waals surface area contributed by atoms with E-state index in [-0.39, 0.29) is 11.5 Å². The van der Waals surface area contributed by atoms with Gasteiger partial charge in [-0.3, -0.25) is 0 Å². The Labute approximate surface area is 88.9 Å². The van der Waals surface area contributed by atoms with Gasteiger partial charge in [0.05, 0.1) is 5.56 Å². The van der Waals surface area contributed by atoms with Gasteiger partial charge in [0.2, 0.25) is 0 Å². The molecule has 3 nitrogen and oxygen atoms in total. The SMILES string of the molecule is CC1(C)C[C@H](N)c2cc(C(=O)O)ccc21. The fraction of sp³-hybridized carbons (Fsp3) is 0.417. The summed E-state index contributed by atoms with van der Waals surface area (Å²) < 4.78 is 0. The fourth-order valence-corrected chi connectivity index (χ4v) is 2.39. The monoisotopic (exact) mass is 205 g/mol. The number of hydrogen-bond acceptors (Lipinski definition) is 2. The van der Waals surface area contributed by atoms with E-state index in [2.05, 4.69) is 13.8 Å². The Hall–Kier alpha value is -1.35. The summed E-state index contributed by atoms with van der Waals surface area (Å²) in [6, 6.07) is 5.22. The topological polar surface area (TPSA) is 63.3 Å². The van der Waals surface area contributed by atoms with Crippen molar-refractivity contribution in [2.45, 2.75) is 31.7 Å². The highest BCUT2D eigenvalue weighted by Gasteiger charge is 2.35. The summed E-state index contributed by atoms with van der Waals surface area (Å²) in [7, 11) is 0. The van der Waals surface area contributed by atoms with Crippen LogP contribution in [0.25, 0.3) is 0 Å². The van der Waals surface area contributed by atoms with Gasteiger partial charge in [-0.2, -0.15) is 0 Å². The highest BCUT2D eigenvalue weighted by Crippen LogP contribution is 2.43. The molecule has 0 heterocycles. The fourth-order valence-electron chi connectivity index (χ4n) is 2.39. The van der Waals surface area contributed by atoms with Gasteiger partial charge in [0.25, 0.3) is 0 Å². The minimum absolute atomic E-state index is 0.0331. The van der Waals surface area contributed by atoms with Gasteiger partial charge < -0.3 is 10.8 Å². The van der Waals surface area contributed by atoms with Gasteiger partial charge in [0, 0.05) is 6.04 Å². The van der Waals surface area contributed by atoms with E-state index in [4.69, 9.17) is 10.8 Å². The summed E-state index contributed by atoms with van der Waals surface area (Å²) in [4.78, 5) is 10.8.